The van der Waals surface area contributed by atoms with E-state index in [1.165, 1.54) is 19.3 Å². The molecule has 3 rings (SSSR count). The third-order valence-corrected chi connectivity index (χ3v) is 3.88. The van der Waals surface area contributed by atoms with E-state index in [1.807, 2.05) is 30.5 Å². The average molecular weight is 242 g/mol. The highest BCUT2D eigenvalue weighted by Crippen LogP contribution is 2.28. The Hall–Kier alpha value is -1.77. The lowest BCUT2D eigenvalue weighted by molar-refractivity contribution is 0.0949. The van der Waals surface area contributed by atoms with Crippen LogP contribution < -0.4 is 5.32 Å². The first-order valence-electron chi connectivity index (χ1n) is 6.68. The number of aromatic amines is 1. The number of fused-ring (bicyclic) bond motifs is 1. The first kappa shape index (κ1) is 11.3. The van der Waals surface area contributed by atoms with Gasteiger partial charge in [0, 0.05) is 23.8 Å². The average Bonchev–Trinajstić information content (AvgIpc) is 2.79. The molecule has 1 aliphatic carbocycles. The lowest BCUT2D eigenvalue weighted by atomic mass is 9.83. The monoisotopic (exact) mass is 242 g/mol. The molecule has 18 heavy (non-hydrogen) atoms. The molecule has 1 amide bonds. The predicted molar refractivity (Wildman–Crippen MR) is 72.6 cm³/mol. The summed E-state index contributed by atoms with van der Waals surface area (Å²) in [6.07, 6.45) is 7.05. The number of rotatable bonds is 4. The summed E-state index contributed by atoms with van der Waals surface area (Å²) >= 11 is 0. The Morgan fingerprint density at radius 3 is 3.00 bits per heavy atom. The van der Waals surface area contributed by atoms with Crippen molar-refractivity contribution in [3.63, 3.8) is 0 Å². The second kappa shape index (κ2) is 4.84. The Morgan fingerprint density at radius 2 is 2.22 bits per heavy atom. The SMILES string of the molecule is O=C(NCCC1CCC1)c1ccc2cc[nH]c2c1. The molecule has 0 spiro atoms. The number of carbonyl (C=O) groups is 1. The Labute approximate surface area is 107 Å². The van der Waals surface area contributed by atoms with Crippen LogP contribution in [0.25, 0.3) is 10.9 Å². The molecule has 2 N–H and O–H groups in total. The van der Waals surface area contributed by atoms with E-state index >= 15 is 0 Å². The number of amides is 1. The second-order valence-electron chi connectivity index (χ2n) is 5.12. The van der Waals surface area contributed by atoms with Gasteiger partial charge in [-0.05, 0) is 35.9 Å². The Balaban J connectivity index is 1.60. The molecule has 1 aromatic heterocycles. The van der Waals surface area contributed by atoms with Crippen LogP contribution in [0.15, 0.2) is 30.5 Å². The van der Waals surface area contributed by atoms with Crippen molar-refractivity contribution < 1.29 is 4.79 Å². The highest BCUT2D eigenvalue weighted by molar-refractivity contribution is 5.97. The van der Waals surface area contributed by atoms with Crippen molar-refractivity contribution in [2.24, 2.45) is 5.92 Å². The van der Waals surface area contributed by atoms with Crippen LogP contribution in [0.2, 0.25) is 0 Å². The highest BCUT2D eigenvalue weighted by Gasteiger charge is 2.17. The molecule has 0 aliphatic heterocycles. The van der Waals surface area contributed by atoms with E-state index in [2.05, 4.69) is 10.3 Å². The van der Waals surface area contributed by atoms with Crippen LogP contribution in [-0.2, 0) is 0 Å². The second-order valence-corrected chi connectivity index (χ2v) is 5.12. The van der Waals surface area contributed by atoms with Crippen LogP contribution in [0.4, 0.5) is 0 Å². The number of hydrogen-bond donors (Lipinski definition) is 2. The molecule has 3 heteroatoms. The van der Waals surface area contributed by atoms with Crippen molar-refractivity contribution in [1.29, 1.82) is 0 Å². The molecule has 3 nitrogen and oxygen atoms in total. The smallest absolute Gasteiger partial charge is 0.251 e. The fourth-order valence-corrected chi connectivity index (χ4v) is 2.46. The Morgan fingerprint density at radius 1 is 1.33 bits per heavy atom. The van der Waals surface area contributed by atoms with Crippen LogP contribution in [0, 0.1) is 5.92 Å². The number of aromatic nitrogens is 1. The minimum absolute atomic E-state index is 0.0332. The molecule has 1 fully saturated rings. The van der Waals surface area contributed by atoms with Gasteiger partial charge < -0.3 is 10.3 Å². The van der Waals surface area contributed by atoms with Crippen LogP contribution in [0.5, 0.6) is 0 Å². The molecule has 1 heterocycles. The van der Waals surface area contributed by atoms with Crippen LogP contribution in [0.3, 0.4) is 0 Å². The largest absolute Gasteiger partial charge is 0.361 e. The maximum atomic E-state index is 12.0. The zero-order valence-electron chi connectivity index (χ0n) is 10.4. The van der Waals surface area contributed by atoms with Crippen molar-refractivity contribution in [3.05, 3.63) is 36.0 Å². The predicted octanol–water partition coefficient (Wildman–Crippen LogP) is 3.09. The van der Waals surface area contributed by atoms with E-state index in [1.54, 1.807) is 0 Å². The van der Waals surface area contributed by atoms with E-state index in [9.17, 15) is 4.79 Å². The number of carbonyl (C=O) groups excluding carboxylic acids is 1. The number of hydrogen-bond acceptors (Lipinski definition) is 1. The van der Waals surface area contributed by atoms with Gasteiger partial charge in [0.05, 0.1) is 0 Å². The molecule has 0 atom stereocenters. The summed E-state index contributed by atoms with van der Waals surface area (Å²) in [6, 6.07) is 7.78. The van der Waals surface area contributed by atoms with Crippen LogP contribution >= 0.6 is 0 Å². The van der Waals surface area contributed by atoms with Crippen molar-refractivity contribution >= 4 is 16.8 Å². The molecule has 94 valence electrons. The molecule has 0 radical (unpaired) electrons. The normalized spacial score (nSPS) is 15.6. The van der Waals surface area contributed by atoms with E-state index < -0.39 is 0 Å². The van der Waals surface area contributed by atoms with Gasteiger partial charge >= 0.3 is 0 Å². The zero-order valence-corrected chi connectivity index (χ0v) is 10.4. The van der Waals surface area contributed by atoms with E-state index in [0.29, 0.717) is 0 Å². The number of nitrogens with one attached hydrogen (secondary N) is 2. The van der Waals surface area contributed by atoms with Gasteiger partial charge in [-0.1, -0.05) is 25.3 Å². The third kappa shape index (κ3) is 2.26. The lowest BCUT2D eigenvalue weighted by Crippen LogP contribution is -2.27. The summed E-state index contributed by atoms with van der Waals surface area (Å²) in [4.78, 5) is 15.1. The van der Waals surface area contributed by atoms with Gasteiger partial charge in [-0.3, -0.25) is 4.79 Å². The fourth-order valence-electron chi connectivity index (χ4n) is 2.46. The summed E-state index contributed by atoms with van der Waals surface area (Å²) in [5.74, 6) is 0.877. The lowest BCUT2D eigenvalue weighted by Gasteiger charge is -2.25. The highest BCUT2D eigenvalue weighted by atomic mass is 16.1. The zero-order chi connectivity index (χ0) is 12.4. The fraction of sp³-hybridized carbons (Fsp3) is 0.400. The molecule has 0 saturated heterocycles. The van der Waals surface area contributed by atoms with Gasteiger partial charge in [-0.25, -0.2) is 0 Å². The van der Waals surface area contributed by atoms with Gasteiger partial charge in [0.25, 0.3) is 5.91 Å². The minimum Gasteiger partial charge on any atom is -0.361 e. The van der Waals surface area contributed by atoms with Crippen LogP contribution in [-0.4, -0.2) is 17.4 Å². The maximum Gasteiger partial charge on any atom is 0.251 e. The number of H-pyrrole nitrogens is 1. The molecule has 0 bridgehead atoms. The summed E-state index contributed by atoms with van der Waals surface area (Å²) in [5.41, 5.74) is 1.75. The van der Waals surface area contributed by atoms with E-state index in [-0.39, 0.29) is 5.91 Å². The van der Waals surface area contributed by atoms with Gasteiger partial charge in [0.1, 0.15) is 0 Å². The topological polar surface area (TPSA) is 44.9 Å². The third-order valence-electron chi connectivity index (χ3n) is 3.88. The minimum atomic E-state index is 0.0332. The Kier molecular flexibility index (Phi) is 3.05. The molecule has 0 unspecified atom stereocenters. The van der Waals surface area contributed by atoms with Crippen molar-refractivity contribution in [1.82, 2.24) is 10.3 Å². The maximum absolute atomic E-state index is 12.0. The molecule has 1 aliphatic rings. The van der Waals surface area contributed by atoms with E-state index in [0.717, 1.165) is 35.3 Å². The first-order chi connectivity index (χ1) is 8.83. The summed E-state index contributed by atoms with van der Waals surface area (Å²) in [6.45, 7) is 0.798. The quantitative estimate of drug-likeness (QED) is 0.850. The van der Waals surface area contributed by atoms with Crippen molar-refractivity contribution in [2.75, 3.05) is 6.54 Å². The Bertz CT molecular complexity index is 554. The van der Waals surface area contributed by atoms with Crippen molar-refractivity contribution in [2.45, 2.75) is 25.7 Å². The molecular weight excluding hydrogens is 224 g/mol. The van der Waals surface area contributed by atoms with Gasteiger partial charge in [-0.2, -0.15) is 0 Å². The molecular formula is C15H18N2O. The van der Waals surface area contributed by atoms with Gasteiger partial charge in [0.15, 0.2) is 0 Å². The standard InChI is InChI=1S/C15H18N2O/c18-15(17-8-6-11-2-1-3-11)13-5-4-12-7-9-16-14(12)10-13/h4-5,7,9-11,16H,1-3,6,8H2,(H,17,18). The molecule has 2 aromatic rings. The summed E-state index contributed by atoms with van der Waals surface area (Å²) in [7, 11) is 0. The van der Waals surface area contributed by atoms with Crippen molar-refractivity contribution in [3.8, 4) is 0 Å². The summed E-state index contributed by atoms with van der Waals surface area (Å²) in [5, 5.41) is 4.14. The van der Waals surface area contributed by atoms with E-state index in [4.69, 9.17) is 0 Å². The molecule has 1 saturated carbocycles. The van der Waals surface area contributed by atoms with Crippen LogP contribution in [0.1, 0.15) is 36.0 Å². The summed E-state index contributed by atoms with van der Waals surface area (Å²) < 4.78 is 0. The molecule has 1 aromatic carbocycles. The first-order valence-corrected chi connectivity index (χ1v) is 6.68. The number of benzene rings is 1. The van der Waals surface area contributed by atoms with Gasteiger partial charge in [-0.15, -0.1) is 0 Å². The van der Waals surface area contributed by atoms with Gasteiger partial charge in [0.2, 0.25) is 0 Å².